The van der Waals surface area contributed by atoms with Crippen LogP contribution in [0.2, 0.25) is 0 Å². The van der Waals surface area contributed by atoms with Crippen LogP contribution < -0.4 is 27.5 Å². The molecule has 0 saturated carbocycles. The highest BCUT2D eigenvalue weighted by Crippen LogP contribution is 2.35. The highest BCUT2D eigenvalue weighted by atomic mass is 79.9. The van der Waals surface area contributed by atoms with Crippen LogP contribution in [0.1, 0.15) is 12.8 Å². The van der Waals surface area contributed by atoms with Crippen molar-refractivity contribution in [3.8, 4) is 5.75 Å². The van der Waals surface area contributed by atoms with Gasteiger partial charge in [-0.2, -0.15) is 0 Å². The van der Waals surface area contributed by atoms with Gasteiger partial charge < -0.3 is 31.9 Å². The highest BCUT2D eigenvalue weighted by Gasteiger charge is 2.12. The van der Waals surface area contributed by atoms with Gasteiger partial charge >= 0.3 is 0 Å². The Bertz CT molecular complexity index is 441. The molecule has 0 atom stereocenters. The molecule has 0 spiro atoms. The highest BCUT2D eigenvalue weighted by molar-refractivity contribution is 9.11. The molecule has 0 unspecified atom stereocenters. The Morgan fingerprint density at radius 1 is 1.24 bits per heavy atom. The van der Waals surface area contributed by atoms with E-state index in [4.69, 9.17) is 10.5 Å². The lowest BCUT2D eigenvalue weighted by Gasteiger charge is -2.28. The fraction of sp³-hybridized carbons (Fsp3) is 0.467. The average Bonchev–Trinajstić information content (AvgIpc) is 2.31. The first kappa shape index (κ1) is 21.0. The van der Waals surface area contributed by atoms with Gasteiger partial charge in [-0.05, 0) is 62.9 Å². The zero-order valence-electron chi connectivity index (χ0n) is 12.5. The molecule has 0 fully saturated rings. The minimum atomic E-state index is 0. The van der Waals surface area contributed by atoms with E-state index in [1.165, 1.54) is 0 Å². The molecule has 0 aromatic heterocycles. The summed E-state index contributed by atoms with van der Waals surface area (Å²) in [5.41, 5.74) is 6.46. The second-order valence-electron chi connectivity index (χ2n) is 5.50. The van der Waals surface area contributed by atoms with Gasteiger partial charge in [0.05, 0.1) is 42.7 Å². The van der Waals surface area contributed by atoms with Gasteiger partial charge in [-0.25, -0.2) is 0 Å². The molecule has 0 bridgehead atoms. The lowest BCUT2D eigenvalue weighted by Crippen LogP contribution is -3.00. The van der Waals surface area contributed by atoms with Crippen LogP contribution >= 0.6 is 31.9 Å². The van der Waals surface area contributed by atoms with Gasteiger partial charge in [0.2, 0.25) is 0 Å². The number of ether oxygens (including phenoxy) is 1. The maximum atomic E-state index is 5.82. The number of benzene rings is 1. The van der Waals surface area contributed by atoms with Crippen LogP contribution in [0.3, 0.4) is 0 Å². The molecule has 1 rings (SSSR count). The zero-order valence-corrected chi connectivity index (χ0v) is 17.3. The third kappa shape index (κ3) is 7.68. The first-order chi connectivity index (χ1) is 9.35. The Morgan fingerprint density at radius 2 is 1.81 bits per heavy atom. The van der Waals surface area contributed by atoms with Crippen molar-refractivity contribution in [1.82, 2.24) is 0 Å². The number of anilines is 1. The molecular formula is C15H23Br3N2O. The minimum absolute atomic E-state index is 0. The number of nitrogens with zero attached hydrogens (tertiary/aromatic N) is 1. The molecule has 0 heterocycles. The smallest absolute Gasteiger partial charge is 0.147 e. The maximum absolute atomic E-state index is 5.82. The van der Waals surface area contributed by atoms with Crippen molar-refractivity contribution >= 4 is 37.5 Å². The Hall–Kier alpha value is -0.0400. The molecule has 21 heavy (non-hydrogen) atoms. The van der Waals surface area contributed by atoms with Gasteiger partial charge in [0.25, 0.3) is 0 Å². The summed E-state index contributed by atoms with van der Waals surface area (Å²) in [6.07, 6.45) is 4.13. The molecule has 0 aliphatic heterocycles. The second-order valence-corrected chi connectivity index (χ2v) is 7.21. The van der Waals surface area contributed by atoms with Crippen molar-refractivity contribution in [2.24, 2.45) is 0 Å². The van der Waals surface area contributed by atoms with E-state index in [0.29, 0.717) is 12.3 Å². The van der Waals surface area contributed by atoms with E-state index >= 15 is 0 Å². The van der Waals surface area contributed by atoms with Gasteiger partial charge in [-0.3, -0.25) is 0 Å². The summed E-state index contributed by atoms with van der Waals surface area (Å²) in [5.74, 6) is 0.819. The van der Waals surface area contributed by atoms with Crippen molar-refractivity contribution in [3.63, 3.8) is 0 Å². The summed E-state index contributed by atoms with van der Waals surface area (Å²) < 4.78 is 8.56. The second kappa shape index (κ2) is 9.87. The van der Waals surface area contributed by atoms with Gasteiger partial charge in [-0.1, -0.05) is 6.58 Å². The maximum Gasteiger partial charge on any atom is 0.147 e. The first-order valence-corrected chi connectivity index (χ1v) is 8.24. The molecule has 0 radical (unpaired) electrons. The summed E-state index contributed by atoms with van der Waals surface area (Å²) in [5, 5.41) is 0. The average molecular weight is 487 g/mol. The number of hydrogen-bond acceptors (Lipinski definition) is 2. The molecule has 0 saturated heterocycles. The Balaban J connectivity index is 0.00000400. The summed E-state index contributed by atoms with van der Waals surface area (Å²) in [7, 11) is 4.44. The number of hydrogen-bond donors (Lipinski definition) is 1. The van der Waals surface area contributed by atoms with E-state index < -0.39 is 0 Å². The molecule has 2 N–H and O–H groups in total. The van der Waals surface area contributed by atoms with E-state index in [9.17, 15) is 0 Å². The molecule has 1 aromatic rings. The summed E-state index contributed by atoms with van der Waals surface area (Å²) in [6.45, 7) is 6.62. The van der Waals surface area contributed by atoms with Crippen molar-refractivity contribution in [2.45, 2.75) is 12.8 Å². The predicted molar refractivity (Wildman–Crippen MR) is 93.0 cm³/mol. The van der Waals surface area contributed by atoms with Crippen molar-refractivity contribution in [1.29, 1.82) is 0 Å². The summed E-state index contributed by atoms with van der Waals surface area (Å²) in [4.78, 5) is 0. The predicted octanol–water partition coefficient (Wildman–Crippen LogP) is 1.22. The molecule has 120 valence electrons. The quantitative estimate of drug-likeness (QED) is 0.259. The molecule has 0 aliphatic rings. The Labute approximate surface area is 155 Å². The SMILES string of the molecule is C=CC[N+](C)(C)CCCCOc1c(Br)cc(N)cc1Br.[Br-]. The van der Waals surface area contributed by atoms with Crippen LogP contribution in [0.25, 0.3) is 0 Å². The number of likely N-dealkylation sites (N-methyl/N-ethyl adjacent to an activating group) is 1. The third-order valence-corrected chi connectivity index (χ3v) is 4.23. The van der Waals surface area contributed by atoms with E-state index in [-0.39, 0.29) is 17.0 Å². The fourth-order valence-electron chi connectivity index (χ4n) is 1.97. The number of nitrogens with two attached hydrogens (primary N) is 1. The lowest BCUT2D eigenvalue weighted by atomic mass is 10.2. The van der Waals surface area contributed by atoms with Crippen LogP contribution in [0.15, 0.2) is 33.7 Å². The first-order valence-electron chi connectivity index (χ1n) is 6.66. The number of halogens is 3. The standard InChI is InChI=1S/C15H23Br2N2O.BrH/c1-4-7-19(2,3)8-5-6-9-20-15-13(16)10-12(18)11-14(15)17;/h4,10-11H,1,5-9,18H2,2-3H3;1H/q+1;/p-1. The van der Waals surface area contributed by atoms with Crippen molar-refractivity contribution < 1.29 is 26.2 Å². The molecule has 1 aromatic carbocycles. The molecule has 3 nitrogen and oxygen atoms in total. The van der Waals surface area contributed by atoms with Crippen LogP contribution in [0.5, 0.6) is 5.75 Å². The van der Waals surface area contributed by atoms with Crippen LogP contribution in [-0.4, -0.2) is 38.3 Å². The number of rotatable bonds is 8. The Kier molecular flexibility index (Phi) is 9.85. The number of nitrogen functional groups attached to an aromatic ring is 1. The van der Waals surface area contributed by atoms with E-state index in [1.54, 1.807) is 0 Å². The fourth-order valence-corrected chi connectivity index (χ4v) is 3.43. The Morgan fingerprint density at radius 3 is 2.33 bits per heavy atom. The number of quaternary nitrogens is 1. The molecule has 6 heteroatoms. The van der Waals surface area contributed by atoms with Crippen molar-refractivity contribution in [3.05, 3.63) is 33.7 Å². The van der Waals surface area contributed by atoms with E-state index in [0.717, 1.165) is 45.1 Å². The van der Waals surface area contributed by atoms with Gasteiger partial charge in [0, 0.05) is 5.69 Å². The van der Waals surface area contributed by atoms with E-state index in [2.05, 4.69) is 52.5 Å². The van der Waals surface area contributed by atoms with Crippen molar-refractivity contribution in [2.75, 3.05) is 39.5 Å². The van der Waals surface area contributed by atoms with Gasteiger partial charge in [-0.15, -0.1) is 0 Å². The van der Waals surface area contributed by atoms with Crippen LogP contribution in [0.4, 0.5) is 5.69 Å². The molecular weight excluding hydrogens is 464 g/mol. The third-order valence-electron chi connectivity index (χ3n) is 3.05. The number of unbranched alkanes of at least 4 members (excludes halogenated alkanes) is 1. The largest absolute Gasteiger partial charge is 1.00 e. The normalized spacial score (nSPS) is 10.9. The van der Waals surface area contributed by atoms with Crippen LogP contribution in [-0.2, 0) is 0 Å². The topological polar surface area (TPSA) is 35.2 Å². The summed E-state index contributed by atoms with van der Waals surface area (Å²) in [6, 6.07) is 3.70. The van der Waals surface area contributed by atoms with Crippen LogP contribution in [0, 0.1) is 0 Å². The van der Waals surface area contributed by atoms with Gasteiger partial charge in [0.1, 0.15) is 5.75 Å². The lowest BCUT2D eigenvalue weighted by molar-refractivity contribution is -0.884. The van der Waals surface area contributed by atoms with Gasteiger partial charge in [0.15, 0.2) is 0 Å². The molecule has 0 amide bonds. The summed E-state index contributed by atoms with van der Waals surface area (Å²) >= 11 is 6.94. The monoisotopic (exact) mass is 484 g/mol. The zero-order chi connectivity index (χ0) is 15.2. The van der Waals surface area contributed by atoms with E-state index in [1.807, 2.05) is 18.2 Å². The molecule has 0 aliphatic carbocycles. The minimum Gasteiger partial charge on any atom is -1.00 e.